The monoisotopic (exact) mass is 185 g/mol. The first-order valence-electron chi connectivity index (χ1n) is 5.01. The number of nitrogens with one attached hydrogen (secondary N) is 1. The smallest absolute Gasteiger partial charge is 0.220 e. The van der Waals surface area contributed by atoms with Gasteiger partial charge in [0.05, 0.1) is 0 Å². The fourth-order valence-corrected chi connectivity index (χ4v) is 1.98. The van der Waals surface area contributed by atoms with Gasteiger partial charge in [-0.2, -0.15) is 0 Å². The van der Waals surface area contributed by atoms with Crippen LogP contribution in [-0.2, 0) is 4.79 Å². The van der Waals surface area contributed by atoms with Crippen LogP contribution in [0.25, 0.3) is 0 Å². The third-order valence-electron chi connectivity index (χ3n) is 2.68. The van der Waals surface area contributed by atoms with Crippen molar-refractivity contribution in [1.82, 2.24) is 5.32 Å². The van der Waals surface area contributed by atoms with E-state index in [0.717, 1.165) is 6.42 Å². The predicted molar refractivity (Wildman–Crippen MR) is 51.1 cm³/mol. The van der Waals surface area contributed by atoms with E-state index in [1.165, 1.54) is 0 Å². The minimum Gasteiger partial charge on any atom is -0.396 e. The summed E-state index contributed by atoms with van der Waals surface area (Å²) in [5.74, 6) is 1.37. The second-order valence-corrected chi connectivity index (χ2v) is 4.34. The summed E-state index contributed by atoms with van der Waals surface area (Å²) in [4.78, 5) is 11.1. The molecule has 3 nitrogen and oxygen atoms in total. The van der Waals surface area contributed by atoms with E-state index in [9.17, 15) is 4.79 Å². The van der Waals surface area contributed by atoms with Crippen LogP contribution in [0.2, 0.25) is 0 Å². The third-order valence-corrected chi connectivity index (χ3v) is 2.68. The number of piperidine rings is 1. The van der Waals surface area contributed by atoms with Crippen molar-refractivity contribution in [2.24, 2.45) is 17.8 Å². The Bertz CT molecular complexity index is 180. The van der Waals surface area contributed by atoms with Crippen LogP contribution in [0.1, 0.15) is 26.7 Å². The molecule has 1 heterocycles. The van der Waals surface area contributed by atoms with Crippen molar-refractivity contribution in [2.75, 3.05) is 13.2 Å². The van der Waals surface area contributed by atoms with Crippen molar-refractivity contribution < 1.29 is 9.90 Å². The lowest BCUT2D eigenvalue weighted by molar-refractivity contribution is -0.125. The average Bonchev–Trinajstić information content (AvgIpc) is 2.03. The van der Waals surface area contributed by atoms with E-state index < -0.39 is 0 Å². The SMILES string of the molecule is CC(C)CC1CC(=O)NCC1CO. The summed E-state index contributed by atoms with van der Waals surface area (Å²) in [5.41, 5.74) is 0. The predicted octanol–water partition coefficient (Wildman–Crippen LogP) is 0.777. The molecule has 1 aliphatic rings. The summed E-state index contributed by atoms with van der Waals surface area (Å²) in [7, 11) is 0. The van der Waals surface area contributed by atoms with E-state index in [1.54, 1.807) is 0 Å². The molecule has 0 radical (unpaired) electrons. The number of rotatable bonds is 3. The minimum absolute atomic E-state index is 0.135. The molecule has 2 atom stereocenters. The summed E-state index contributed by atoms with van der Waals surface area (Å²) < 4.78 is 0. The number of aliphatic hydroxyl groups is 1. The summed E-state index contributed by atoms with van der Waals surface area (Å²) in [5, 5.41) is 11.9. The van der Waals surface area contributed by atoms with Crippen molar-refractivity contribution in [2.45, 2.75) is 26.7 Å². The summed E-state index contributed by atoms with van der Waals surface area (Å²) in [6, 6.07) is 0. The van der Waals surface area contributed by atoms with Crippen LogP contribution >= 0.6 is 0 Å². The number of amides is 1. The molecule has 0 saturated carbocycles. The maximum Gasteiger partial charge on any atom is 0.220 e. The molecule has 0 spiro atoms. The number of carbonyl (C=O) groups is 1. The van der Waals surface area contributed by atoms with Gasteiger partial charge in [0.2, 0.25) is 5.91 Å². The Morgan fingerprint density at radius 2 is 2.23 bits per heavy atom. The van der Waals surface area contributed by atoms with Crippen molar-refractivity contribution in [3.63, 3.8) is 0 Å². The third kappa shape index (κ3) is 2.99. The van der Waals surface area contributed by atoms with E-state index in [4.69, 9.17) is 5.11 Å². The molecule has 0 aliphatic carbocycles. The number of aliphatic hydroxyl groups excluding tert-OH is 1. The molecule has 13 heavy (non-hydrogen) atoms. The normalized spacial score (nSPS) is 29.1. The van der Waals surface area contributed by atoms with Gasteiger partial charge in [0, 0.05) is 25.5 Å². The van der Waals surface area contributed by atoms with Gasteiger partial charge in [0.15, 0.2) is 0 Å². The molecule has 0 aromatic heterocycles. The van der Waals surface area contributed by atoms with Crippen LogP contribution in [0.4, 0.5) is 0 Å². The van der Waals surface area contributed by atoms with E-state index in [-0.39, 0.29) is 18.4 Å². The second kappa shape index (κ2) is 4.61. The zero-order chi connectivity index (χ0) is 9.84. The van der Waals surface area contributed by atoms with Crippen LogP contribution in [0, 0.1) is 17.8 Å². The molecule has 2 unspecified atom stereocenters. The largest absolute Gasteiger partial charge is 0.396 e. The molecule has 1 aliphatic heterocycles. The fraction of sp³-hybridized carbons (Fsp3) is 0.900. The summed E-state index contributed by atoms with van der Waals surface area (Å²) in [6.07, 6.45) is 1.63. The molecule has 0 aromatic rings. The molecule has 76 valence electrons. The van der Waals surface area contributed by atoms with Gasteiger partial charge in [0.1, 0.15) is 0 Å². The molecule has 1 fully saturated rings. The highest BCUT2D eigenvalue weighted by Crippen LogP contribution is 2.26. The average molecular weight is 185 g/mol. The maximum atomic E-state index is 11.1. The lowest BCUT2D eigenvalue weighted by Gasteiger charge is -2.31. The van der Waals surface area contributed by atoms with Gasteiger partial charge in [-0.3, -0.25) is 4.79 Å². The van der Waals surface area contributed by atoms with E-state index in [1.807, 2.05) is 0 Å². The molecule has 3 heteroatoms. The zero-order valence-corrected chi connectivity index (χ0v) is 8.42. The van der Waals surface area contributed by atoms with Crippen molar-refractivity contribution in [3.05, 3.63) is 0 Å². The van der Waals surface area contributed by atoms with Gasteiger partial charge in [-0.05, 0) is 18.3 Å². The topological polar surface area (TPSA) is 49.3 Å². The van der Waals surface area contributed by atoms with Crippen LogP contribution in [0.5, 0.6) is 0 Å². The Hall–Kier alpha value is -0.570. The molecule has 0 bridgehead atoms. The Morgan fingerprint density at radius 3 is 2.77 bits per heavy atom. The maximum absolute atomic E-state index is 11.1. The molecule has 0 aromatic carbocycles. The number of carbonyl (C=O) groups excluding carboxylic acids is 1. The van der Waals surface area contributed by atoms with Gasteiger partial charge in [0.25, 0.3) is 0 Å². The molecule has 2 N–H and O–H groups in total. The molecule has 1 saturated heterocycles. The van der Waals surface area contributed by atoms with Gasteiger partial charge in [-0.1, -0.05) is 13.8 Å². The molecular weight excluding hydrogens is 166 g/mol. The fourth-order valence-electron chi connectivity index (χ4n) is 1.98. The highest BCUT2D eigenvalue weighted by atomic mass is 16.3. The first kappa shape index (κ1) is 10.5. The second-order valence-electron chi connectivity index (χ2n) is 4.34. The first-order valence-corrected chi connectivity index (χ1v) is 5.01. The van der Waals surface area contributed by atoms with E-state index in [2.05, 4.69) is 19.2 Å². The lowest BCUT2D eigenvalue weighted by atomic mass is 9.81. The van der Waals surface area contributed by atoms with Crippen LogP contribution < -0.4 is 5.32 Å². The van der Waals surface area contributed by atoms with Crippen LogP contribution in [-0.4, -0.2) is 24.2 Å². The van der Waals surface area contributed by atoms with Gasteiger partial charge >= 0.3 is 0 Å². The van der Waals surface area contributed by atoms with E-state index >= 15 is 0 Å². The Morgan fingerprint density at radius 1 is 1.54 bits per heavy atom. The standard InChI is InChI=1S/C10H19NO2/c1-7(2)3-8-4-10(13)11-5-9(8)6-12/h7-9,12H,3-6H2,1-2H3,(H,11,13). The van der Waals surface area contributed by atoms with Crippen molar-refractivity contribution in [1.29, 1.82) is 0 Å². The first-order chi connectivity index (χ1) is 6.13. The lowest BCUT2D eigenvalue weighted by Crippen LogP contribution is -2.42. The molecule has 1 amide bonds. The quantitative estimate of drug-likeness (QED) is 0.682. The highest BCUT2D eigenvalue weighted by Gasteiger charge is 2.28. The van der Waals surface area contributed by atoms with Crippen LogP contribution in [0.15, 0.2) is 0 Å². The number of hydrogen-bond acceptors (Lipinski definition) is 2. The van der Waals surface area contributed by atoms with Gasteiger partial charge < -0.3 is 10.4 Å². The van der Waals surface area contributed by atoms with Crippen molar-refractivity contribution in [3.8, 4) is 0 Å². The Kier molecular flexibility index (Phi) is 3.72. The zero-order valence-electron chi connectivity index (χ0n) is 8.42. The summed E-state index contributed by atoms with van der Waals surface area (Å²) in [6.45, 7) is 5.15. The Labute approximate surface area is 79.5 Å². The molecular formula is C10H19NO2. The van der Waals surface area contributed by atoms with Gasteiger partial charge in [-0.25, -0.2) is 0 Å². The highest BCUT2D eigenvalue weighted by molar-refractivity contribution is 5.77. The van der Waals surface area contributed by atoms with E-state index in [0.29, 0.717) is 24.8 Å². The Balaban J connectivity index is 2.49. The number of hydrogen-bond donors (Lipinski definition) is 2. The summed E-state index contributed by atoms with van der Waals surface area (Å²) >= 11 is 0. The minimum atomic E-state index is 0.135. The molecule has 1 rings (SSSR count). The van der Waals surface area contributed by atoms with Crippen molar-refractivity contribution >= 4 is 5.91 Å². The van der Waals surface area contributed by atoms with Crippen LogP contribution in [0.3, 0.4) is 0 Å². The van der Waals surface area contributed by atoms with Gasteiger partial charge in [-0.15, -0.1) is 0 Å².